The highest BCUT2D eigenvalue weighted by Gasteiger charge is 2.17. The predicted octanol–water partition coefficient (Wildman–Crippen LogP) is 7.60. The molecule has 0 atom stereocenters. The highest BCUT2D eigenvalue weighted by atomic mass is 35.5. The summed E-state index contributed by atoms with van der Waals surface area (Å²) in [6.45, 7) is 3.37. The fourth-order valence-electron chi connectivity index (χ4n) is 4.26. The second kappa shape index (κ2) is 9.05. The summed E-state index contributed by atoms with van der Waals surface area (Å²) >= 11 is 6.16. The van der Waals surface area contributed by atoms with E-state index in [9.17, 15) is 5.11 Å². The number of hydrogen-bond acceptors (Lipinski definition) is 2. The number of ether oxygens (including phenoxy) is 1. The summed E-state index contributed by atoms with van der Waals surface area (Å²) in [5, 5.41) is 11.6. The molecule has 5 rings (SSSR count). The molecule has 0 aliphatic heterocycles. The van der Waals surface area contributed by atoms with Crippen molar-refractivity contribution in [3.05, 3.63) is 119 Å². The van der Waals surface area contributed by atoms with Crippen LogP contribution in [-0.4, -0.2) is 9.67 Å². The summed E-state index contributed by atoms with van der Waals surface area (Å²) < 4.78 is 8.42. The molecule has 1 heterocycles. The lowest BCUT2D eigenvalue weighted by Crippen LogP contribution is -2.02. The molecule has 5 aromatic rings. The zero-order valence-electron chi connectivity index (χ0n) is 18.3. The Kier molecular flexibility index (Phi) is 5.80. The number of hydrogen-bond donors (Lipinski definition) is 1. The maximum absolute atomic E-state index is 9.69. The van der Waals surface area contributed by atoms with Gasteiger partial charge in [0, 0.05) is 22.5 Å². The SMILES string of the molecule is Cc1c(-c2ccc(Cl)cc2)n(Cc2ccc(O)cc2)c2ccc(OCc3ccccc3)cc12. The molecule has 3 nitrogen and oxygen atoms in total. The molecule has 4 aromatic carbocycles. The van der Waals surface area contributed by atoms with Crippen LogP contribution in [0.5, 0.6) is 11.5 Å². The van der Waals surface area contributed by atoms with Gasteiger partial charge in [0.25, 0.3) is 0 Å². The monoisotopic (exact) mass is 453 g/mol. The third-order valence-corrected chi connectivity index (χ3v) is 6.18. The van der Waals surface area contributed by atoms with Gasteiger partial charge >= 0.3 is 0 Å². The van der Waals surface area contributed by atoms with Crippen LogP contribution in [0, 0.1) is 6.92 Å². The Bertz CT molecular complexity index is 1390. The van der Waals surface area contributed by atoms with E-state index in [1.165, 1.54) is 5.56 Å². The van der Waals surface area contributed by atoms with Gasteiger partial charge in [0.2, 0.25) is 0 Å². The Hall–Kier alpha value is -3.69. The molecule has 0 saturated heterocycles. The molecule has 0 spiro atoms. The van der Waals surface area contributed by atoms with Crippen molar-refractivity contribution in [2.24, 2.45) is 0 Å². The minimum atomic E-state index is 0.269. The van der Waals surface area contributed by atoms with E-state index in [2.05, 4.69) is 47.9 Å². The van der Waals surface area contributed by atoms with Crippen LogP contribution in [0.25, 0.3) is 22.2 Å². The molecule has 0 radical (unpaired) electrons. The third kappa shape index (κ3) is 4.46. The molecule has 0 aliphatic carbocycles. The van der Waals surface area contributed by atoms with Crippen molar-refractivity contribution in [2.45, 2.75) is 20.1 Å². The van der Waals surface area contributed by atoms with E-state index in [1.54, 1.807) is 12.1 Å². The van der Waals surface area contributed by atoms with Gasteiger partial charge in [-0.1, -0.05) is 66.2 Å². The molecule has 1 N–H and O–H groups in total. The molecular formula is C29H24ClNO2. The van der Waals surface area contributed by atoms with Gasteiger partial charge in [-0.15, -0.1) is 0 Å². The largest absolute Gasteiger partial charge is 0.508 e. The normalized spacial score (nSPS) is 11.1. The van der Waals surface area contributed by atoms with Crippen molar-refractivity contribution in [2.75, 3.05) is 0 Å². The zero-order valence-corrected chi connectivity index (χ0v) is 19.1. The summed E-state index contributed by atoms with van der Waals surface area (Å²) in [6, 6.07) is 31.8. The molecule has 33 heavy (non-hydrogen) atoms. The van der Waals surface area contributed by atoms with Crippen molar-refractivity contribution in [1.82, 2.24) is 4.57 Å². The Labute approximate surface area is 198 Å². The van der Waals surface area contributed by atoms with Gasteiger partial charge in [0.05, 0.1) is 5.69 Å². The smallest absolute Gasteiger partial charge is 0.120 e. The molecular weight excluding hydrogens is 430 g/mol. The molecule has 4 heteroatoms. The van der Waals surface area contributed by atoms with Crippen LogP contribution >= 0.6 is 11.6 Å². The summed E-state index contributed by atoms with van der Waals surface area (Å²) in [4.78, 5) is 0. The topological polar surface area (TPSA) is 34.4 Å². The molecule has 0 unspecified atom stereocenters. The van der Waals surface area contributed by atoms with Gasteiger partial charge in [-0.05, 0) is 71.6 Å². The van der Waals surface area contributed by atoms with Gasteiger partial charge < -0.3 is 14.4 Å². The van der Waals surface area contributed by atoms with Crippen LogP contribution in [0.2, 0.25) is 5.02 Å². The van der Waals surface area contributed by atoms with Crippen LogP contribution in [0.1, 0.15) is 16.7 Å². The van der Waals surface area contributed by atoms with E-state index >= 15 is 0 Å². The van der Waals surface area contributed by atoms with Gasteiger partial charge in [0.15, 0.2) is 0 Å². The number of rotatable bonds is 6. The van der Waals surface area contributed by atoms with Crippen LogP contribution in [0.4, 0.5) is 0 Å². The number of halogens is 1. The minimum absolute atomic E-state index is 0.269. The average molecular weight is 454 g/mol. The highest BCUT2D eigenvalue weighted by Crippen LogP contribution is 2.36. The van der Waals surface area contributed by atoms with Gasteiger partial charge in [-0.3, -0.25) is 0 Å². The number of benzene rings is 4. The quantitative estimate of drug-likeness (QED) is 0.287. The number of phenolic OH excluding ortho intramolecular Hbond substituents is 1. The molecule has 0 amide bonds. The fraction of sp³-hybridized carbons (Fsp3) is 0.103. The molecule has 0 bridgehead atoms. The second-order valence-corrected chi connectivity index (χ2v) is 8.62. The number of nitrogens with zero attached hydrogens (tertiary/aromatic N) is 1. The lowest BCUT2D eigenvalue weighted by molar-refractivity contribution is 0.306. The van der Waals surface area contributed by atoms with E-state index in [0.717, 1.165) is 39.0 Å². The fourth-order valence-corrected chi connectivity index (χ4v) is 4.39. The van der Waals surface area contributed by atoms with Crippen molar-refractivity contribution < 1.29 is 9.84 Å². The Morgan fingerprint density at radius 3 is 2.27 bits per heavy atom. The lowest BCUT2D eigenvalue weighted by Gasteiger charge is -2.13. The maximum atomic E-state index is 9.69. The summed E-state index contributed by atoms with van der Waals surface area (Å²) in [7, 11) is 0. The number of fused-ring (bicyclic) bond motifs is 1. The first-order valence-electron chi connectivity index (χ1n) is 10.9. The van der Waals surface area contributed by atoms with E-state index < -0.39 is 0 Å². The molecule has 164 valence electrons. The number of phenols is 1. The van der Waals surface area contributed by atoms with E-state index in [4.69, 9.17) is 16.3 Å². The lowest BCUT2D eigenvalue weighted by atomic mass is 10.1. The van der Waals surface area contributed by atoms with E-state index in [0.29, 0.717) is 18.2 Å². The van der Waals surface area contributed by atoms with Gasteiger partial charge in [-0.25, -0.2) is 0 Å². The number of aromatic hydroxyl groups is 1. The average Bonchev–Trinajstić information content (AvgIpc) is 3.11. The van der Waals surface area contributed by atoms with Crippen LogP contribution in [-0.2, 0) is 13.2 Å². The Balaban J connectivity index is 1.58. The number of aryl methyl sites for hydroxylation is 1. The van der Waals surface area contributed by atoms with E-state index in [1.807, 2.05) is 48.5 Å². The van der Waals surface area contributed by atoms with Gasteiger partial charge in [-0.2, -0.15) is 0 Å². The third-order valence-electron chi connectivity index (χ3n) is 5.93. The predicted molar refractivity (Wildman–Crippen MR) is 135 cm³/mol. The van der Waals surface area contributed by atoms with Crippen molar-refractivity contribution in [3.63, 3.8) is 0 Å². The molecule has 0 aliphatic rings. The highest BCUT2D eigenvalue weighted by molar-refractivity contribution is 6.30. The van der Waals surface area contributed by atoms with Crippen molar-refractivity contribution >= 4 is 22.5 Å². The van der Waals surface area contributed by atoms with Gasteiger partial charge in [0.1, 0.15) is 18.1 Å². The second-order valence-electron chi connectivity index (χ2n) is 8.19. The zero-order chi connectivity index (χ0) is 22.8. The van der Waals surface area contributed by atoms with E-state index in [-0.39, 0.29) is 5.75 Å². The first-order valence-corrected chi connectivity index (χ1v) is 11.3. The maximum Gasteiger partial charge on any atom is 0.120 e. The van der Waals surface area contributed by atoms with Crippen molar-refractivity contribution in [3.8, 4) is 22.8 Å². The Morgan fingerprint density at radius 2 is 1.55 bits per heavy atom. The number of aromatic nitrogens is 1. The molecule has 1 aromatic heterocycles. The van der Waals surface area contributed by atoms with Crippen LogP contribution in [0.3, 0.4) is 0 Å². The summed E-state index contributed by atoms with van der Waals surface area (Å²) in [6.07, 6.45) is 0. The summed E-state index contributed by atoms with van der Waals surface area (Å²) in [5.74, 6) is 1.12. The standard InChI is InChI=1S/C29H24ClNO2/c1-20-27-17-26(33-19-22-5-3-2-4-6-22)15-16-28(27)31(18-21-7-13-25(32)14-8-21)29(20)23-9-11-24(30)12-10-23/h2-17,32H,18-19H2,1H3. The minimum Gasteiger partial charge on any atom is -0.508 e. The Morgan fingerprint density at radius 1 is 0.818 bits per heavy atom. The summed E-state index contributed by atoms with van der Waals surface area (Å²) in [5.41, 5.74) is 6.84. The first-order chi connectivity index (χ1) is 16.1. The van der Waals surface area contributed by atoms with Crippen LogP contribution in [0.15, 0.2) is 97.1 Å². The first kappa shape index (κ1) is 21.2. The van der Waals surface area contributed by atoms with Crippen molar-refractivity contribution in [1.29, 1.82) is 0 Å². The molecule has 0 fully saturated rings. The molecule has 0 saturated carbocycles. The van der Waals surface area contributed by atoms with Crippen LogP contribution < -0.4 is 4.74 Å².